The fourth-order valence-corrected chi connectivity index (χ4v) is 4.58. The van der Waals surface area contributed by atoms with E-state index < -0.39 is 0 Å². The lowest BCUT2D eigenvalue weighted by Crippen LogP contribution is -2.58. The predicted octanol–water partition coefficient (Wildman–Crippen LogP) is 2.61. The van der Waals surface area contributed by atoms with Crippen LogP contribution < -0.4 is 10.2 Å². The molecule has 2 bridgehead atoms. The molecule has 1 aromatic carbocycles. The smallest absolute Gasteiger partial charge is 0.0642 e. The normalized spacial score (nSPS) is 28.8. The van der Waals surface area contributed by atoms with Crippen molar-refractivity contribution >= 4 is 21.6 Å². The molecule has 23 heavy (non-hydrogen) atoms. The van der Waals surface area contributed by atoms with Gasteiger partial charge in [-0.3, -0.25) is 4.90 Å². The van der Waals surface area contributed by atoms with Crippen LogP contribution in [0.15, 0.2) is 22.7 Å². The van der Waals surface area contributed by atoms with Crippen molar-refractivity contribution < 1.29 is 4.74 Å². The van der Waals surface area contributed by atoms with Crippen LogP contribution >= 0.6 is 15.9 Å². The van der Waals surface area contributed by atoms with Gasteiger partial charge in [0.25, 0.3) is 0 Å². The average molecular weight is 380 g/mol. The number of piperazine rings is 1. The van der Waals surface area contributed by atoms with E-state index in [4.69, 9.17) is 4.74 Å². The molecule has 3 saturated heterocycles. The summed E-state index contributed by atoms with van der Waals surface area (Å²) >= 11 is 3.65. The first-order chi connectivity index (χ1) is 11.3. The van der Waals surface area contributed by atoms with Crippen LogP contribution in [0.4, 0.5) is 5.69 Å². The molecule has 4 nitrogen and oxygen atoms in total. The standard InChI is InChI=1S/C18H26BrN3O/c19-15-5-4-14(18(10-15)22-6-8-23-9-7-22)11-21-12-16-2-1-3-17(13-21)20-16/h4-5,10,16-17,20H,1-3,6-9,11-13H2. The van der Waals surface area contributed by atoms with Gasteiger partial charge in [-0.25, -0.2) is 0 Å². The summed E-state index contributed by atoms with van der Waals surface area (Å²) in [5, 5.41) is 3.78. The van der Waals surface area contributed by atoms with Gasteiger partial charge in [0.1, 0.15) is 0 Å². The lowest BCUT2D eigenvalue weighted by atomic mass is 9.94. The van der Waals surface area contributed by atoms with Crippen molar-refractivity contribution in [2.75, 3.05) is 44.3 Å². The first kappa shape index (κ1) is 15.9. The van der Waals surface area contributed by atoms with E-state index in [0.717, 1.165) is 32.8 Å². The van der Waals surface area contributed by atoms with E-state index in [0.29, 0.717) is 12.1 Å². The molecule has 3 fully saturated rings. The Morgan fingerprint density at radius 1 is 1.13 bits per heavy atom. The summed E-state index contributed by atoms with van der Waals surface area (Å²) in [5.41, 5.74) is 2.83. The quantitative estimate of drug-likeness (QED) is 0.873. The molecule has 2 unspecified atom stereocenters. The van der Waals surface area contributed by atoms with Crippen LogP contribution in [0, 0.1) is 0 Å². The Balaban J connectivity index is 1.51. The van der Waals surface area contributed by atoms with Crippen molar-refractivity contribution in [3.8, 4) is 0 Å². The second-order valence-corrected chi connectivity index (χ2v) is 7.97. The summed E-state index contributed by atoms with van der Waals surface area (Å²) in [6, 6.07) is 8.16. The van der Waals surface area contributed by atoms with Crippen molar-refractivity contribution in [3.05, 3.63) is 28.2 Å². The molecule has 3 aliphatic heterocycles. The molecule has 0 aromatic heterocycles. The van der Waals surface area contributed by atoms with E-state index in [1.54, 1.807) is 0 Å². The van der Waals surface area contributed by atoms with Gasteiger partial charge in [0, 0.05) is 55.0 Å². The van der Waals surface area contributed by atoms with Crippen LogP contribution in [-0.2, 0) is 11.3 Å². The first-order valence-electron chi connectivity index (χ1n) is 8.87. The van der Waals surface area contributed by atoms with E-state index in [-0.39, 0.29) is 0 Å². The number of hydrogen-bond donors (Lipinski definition) is 1. The fraction of sp³-hybridized carbons (Fsp3) is 0.667. The van der Waals surface area contributed by atoms with E-state index in [2.05, 4.69) is 49.2 Å². The van der Waals surface area contributed by atoms with Gasteiger partial charge in [0.05, 0.1) is 13.2 Å². The Labute approximate surface area is 147 Å². The number of anilines is 1. The second-order valence-electron chi connectivity index (χ2n) is 7.06. The molecule has 3 aliphatic rings. The zero-order chi connectivity index (χ0) is 15.6. The van der Waals surface area contributed by atoms with Crippen LogP contribution in [0.5, 0.6) is 0 Å². The highest BCUT2D eigenvalue weighted by molar-refractivity contribution is 9.10. The predicted molar refractivity (Wildman–Crippen MR) is 97.0 cm³/mol. The third-order valence-corrected chi connectivity index (χ3v) is 5.82. The maximum absolute atomic E-state index is 5.52. The molecule has 1 N–H and O–H groups in total. The lowest BCUT2D eigenvalue weighted by Gasteiger charge is -2.43. The number of morpholine rings is 1. The second kappa shape index (κ2) is 7.09. The van der Waals surface area contributed by atoms with Gasteiger partial charge in [-0.15, -0.1) is 0 Å². The third kappa shape index (κ3) is 3.73. The largest absolute Gasteiger partial charge is 0.378 e. The summed E-state index contributed by atoms with van der Waals surface area (Å²) in [7, 11) is 0. The average Bonchev–Trinajstić information content (AvgIpc) is 2.57. The number of fused-ring (bicyclic) bond motifs is 2. The highest BCUT2D eigenvalue weighted by Crippen LogP contribution is 2.29. The summed E-state index contributed by atoms with van der Waals surface area (Å²) in [5.74, 6) is 0. The zero-order valence-corrected chi connectivity index (χ0v) is 15.2. The first-order valence-corrected chi connectivity index (χ1v) is 9.67. The van der Waals surface area contributed by atoms with Gasteiger partial charge < -0.3 is 15.0 Å². The summed E-state index contributed by atoms with van der Waals surface area (Å²) in [6.07, 6.45) is 4.07. The molecule has 3 heterocycles. The third-order valence-electron chi connectivity index (χ3n) is 5.33. The lowest BCUT2D eigenvalue weighted by molar-refractivity contribution is 0.117. The van der Waals surface area contributed by atoms with Gasteiger partial charge in [0.2, 0.25) is 0 Å². The molecule has 2 atom stereocenters. The van der Waals surface area contributed by atoms with E-state index >= 15 is 0 Å². The number of hydrogen-bond acceptors (Lipinski definition) is 4. The van der Waals surface area contributed by atoms with E-state index in [9.17, 15) is 0 Å². The highest BCUT2D eigenvalue weighted by Gasteiger charge is 2.30. The highest BCUT2D eigenvalue weighted by atomic mass is 79.9. The van der Waals surface area contributed by atoms with Crippen LogP contribution in [-0.4, -0.2) is 56.4 Å². The molecule has 0 aliphatic carbocycles. The van der Waals surface area contributed by atoms with Crippen LogP contribution in [0.1, 0.15) is 24.8 Å². The van der Waals surface area contributed by atoms with Gasteiger partial charge in [-0.1, -0.05) is 28.4 Å². The molecule has 5 heteroatoms. The minimum Gasteiger partial charge on any atom is -0.378 e. The fourth-order valence-electron chi connectivity index (χ4n) is 4.24. The van der Waals surface area contributed by atoms with Crippen molar-refractivity contribution in [2.24, 2.45) is 0 Å². The van der Waals surface area contributed by atoms with Crippen molar-refractivity contribution in [2.45, 2.75) is 37.9 Å². The Morgan fingerprint density at radius 2 is 1.87 bits per heavy atom. The number of ether oxygens (including phenoxy) is 1. The molecular formula is C18H26BrN3O. The monoisotopic (exact) mass is 379 g/mol. The maximum Gasteiger partial charge on any atom is 0.0642 e. The molecular weight excluding hydrogens is 354 g/mol. The number of rotatable bonds is 3. The summed E-state index contributed by atoms with van der Waals surface area (Å²) < 4.78 is 6.69. The van der Waals surface area contributed by atoms with E-state index in [1.807, 2.05) is 0 Å². The van der Waals surface area contributed by atoms with Crippen molar-refractivity contribution in [1.29, 1.82) is 0 Å². The zero-order valence-electron chi connectivity index (χ0n) is 13.6. The Hall–Kier alpha value is -0.620. The van der Waals surface area contributed by atoms with E-state index in [1.165, 1.54) is 48.1 Å². The molecule has 126 valence electrons. The maximum atomic E-state index is 5.52. The SMILES string of the molecule is Brc1ccc(CN2CC3CCCC(C2)N3)c(N2CCOCC2)c1. The molecule has 0 spiro atoms. The molecule has 0 saturated carbocycles. The Morgan fingerprint density at radius 3 is 2.61 bits per heavy atom. The van der Waals surface area contributed by atoms with Gasteiger partial charge >= 0.3 is 0 Å². The minimum atomic E-state index is 0.699. The molecule has 0 radical (unpaired) electrons. The minimum absolute atomic E-state index is 0.699. The number of benzene rings is 1. The number of nitrogens with zero attached hydrogens (tertiary/aromatic N) is 2. The Kier molecular flexibility index (Phi) is 4.90. The summed E-state index contributed by atoms with van der Waals surface area (Å²) in [6.45, 7) is 7.11. The van der Waals surface area contributed by atoms with Crippen molar-refractivity contribution in [1.82, 2.24) is 10.2 Å². The van der Waals surface area contributed by atoms with Crippen LogP contribution in [0.2, 0.25) is 0 Å². The van der Waals surface area contributed by atoms with Gasteiger partial charge in [-0.2, -0.15) is 0 Å². The van der Waals surface area contributed by atoms with Gasteiger partial charge in [-0.05, 0) is 30.5 Å². The molecule has 1 aromatic rings. The number of likely N-dealkylation sites (tertiary alicyclic amines) is 1. The summed E-state index contributed by atoms with van der Waals surface area (Å²) in [4.78, 5) is 5.13. The Bertz CT molecular complexity index is 535. The number of nitrogens with one attached hydrogen (secondary N) is 1. The van der Waals surface area contributed by atoms with Crippen LogP contribution in [0.3, 0.4) is 0 Å². The van der Waals surface area contributed by atoms with Crippen LogP contribution in [0.25, 0.3) is 0 Å². The van der Waals surface area contributed by atoms with Gasteiger partial charge in [0.15, 0.2) is 0 Å². The molecule has 4 rings (SSSR count). The molecule has 0 amide bonds. The number of halogens is 1. The number of piperidine rings is 1. The topological polar surface area (TPSA) is 27.7 Å². The van der Waals surface area contributed by atoms with Crippen molar-refractivity contribution in [3.63, 3.8) is 0 Å².